The maximum Gasteiger partial charge on any atom is 0.340 e. The Labute approximate surface area is 97.1 Å². The van der Waals surface area contributed by atoms with Crippen molar-refractivity contribution in [3.63, 3.8) is 0 Å². The molecule has 0 aliphatic carbocycles. The van der Waals surface area contributed by atoms with E-state index in [0.29, 0.717) is 11.1 Å². The number of nitrogens with zero attached hydrogens (tertiary/aromatic N) is 3. The molecular formula is C11H10FN3O2. The van der Waals surface area contributed by atoms with E-state index in [1.54, 1.807) is 19.1 Å². The predicted molar refractivity (Wildman–Crippen MR) is 60.3 cm³/mol. The second kappa shape index (κ2) is 5.67. The summed E-state index contributed by atoms with van der Waals surface area (Å²) in [6.07, 6.45) is 1.26. The lowest BCUT2D eigenvalue weighted by Gasteiger charge is -2.00. The quantitative estimate of drug-likeness (QED) is 0.265. The smallest absolute Gasteiger partial charge is 0.340 e. The first-order valence-corrected chi connectivity index (χ1v) is 4.69. The van der Waals surface area contributed by atoms with Crippen LogP contribution in [0.1, 0.15) is 11.1 Å². The molecule has 0 bridgehead atoms. The number of rotatable bonds is 3. The van der Waals surface area contributed by atoms with E-state index in [9.17, 15) is 9.18 Å². The molecule has 1 aromatic rings. The molecule has 0 heterocycles. The second-order valence-electron chi connectivity index (χ2n) is 3.22. The van der Waals surface area contributed by atoms with Crippen molar-refractivity contribution in [2.24, 2.45) is 5.11 Å². The summed E-state index contributed by atoms with van der Waals surface area (Å²) in [5.74, 6) is -1.17. The van der Waals surface area contributed by atoms with E-state index in [1.807, 2.05) is 0 Å². The molecule has 0 spiro atoms. The Hall–Kier alpha value is -2.33. The zero-order valence-corrected chi connectivity index (χ0v) is 9.35. The highest BCUT2D eigenvalue weighted by Gasteiger charge is 2.07. The number of aryl methyl sites for hydroxylation is 1. The van der Waals surface area contributed by atoms with Crippen LogP contribution in [-0.2, 0) is 9.53 Å². The van der Waals surface area contributed by atoms with Crippen molar-refractivity contribution in [2.75, 3.05) is 7.11 Å². The van der Waals surface area contributed by atoms with Crippen molar-refractivity contribution in [1.82, 2.24) is 0 Å². The fourth-order valence-electron chi connectivity index (χ4n) is 1.14. The van der Waals surface area contributed by atoms with Crippen LogP contribution in [0.15, 0.2) is 29.0 Å². The lowest BCUT2D eigenvalue weighted by atomic mass is 10.1. The van der Waals surface area contributed by atoms with Gasteiger partial charge in [0.25, 0.3) is 0 Å². The van der Waals surface area contributed by atoms with Gasteiger partial charge in [-0.05, 0) is 35.7 Å². The molecule has 0 radical (unpaired) electrons. The van der Waals surface area contributed by atoms with Crippen LogP contribution in [-0.4, -0.2) is 13.1 Å². The van der Waals surface area contributed by atoms with E-state index in [1.165, 1.54) is 19.3 Å². The average molecular weight is 235 g/mol. The number of halogens is 1. The lowest BCUT2D eigenvalue weighted by molar-refractivity contribution is -0.136. The number of esters is 1. The molecule has 0 atom stereocenters. The van der Waals surface area contributed by atoms with Crippen LogP contribution in [0.2, 0.25) is 0 Å². The van der Waals surface area contributed by atoms with Crippen molar-refractivity contribution in [3.05, 3.63) is 51.3 Å². The normalized spacial score (nSPS) is 10.6. The number of hydrogen-bond acceptors (Lipinski definition) is 3. The highest BCUT2D eigenvalue weighted by Crippen LogP contribution is 2.14. The Morgan fingerprint density at radius 3 is 2.82 bits per heavy atom. The van der Waals surface area contributed by atoms with Gasteiger partial charge in [-0.25, -0.2) is 9.18 Å². The van der Waals surface area contributed by atoms with Crippen LogP contribution in [0.25, 0.3) is 16.5 Å². The van der Waals surface area contributed by atoms with E-state index in [2.05, 4.69) is 14.8 Å². The largest absolute Gasteiger partial charge is 0.466 e. The minimum absolute atomic E-state index is 0.224. The van der Waals surface area contributed by atoms with Crippen LogP contribution in [0.3, 0.4) is 0 Å². The van der Waals surface area contributed by atoms with E-state index >= 15 is 0 Å². The van der Waals surface area contributed by atoms with Crippen molar-refractivity contribution in [3.8, 4) is 0 Å². The number of azide groups is 1. The molecule has 0 amide bonds. The topological polar surface area (TPSA) is 75.1 Å². The zero-order chi connectivity index (χ0) is 12.8. The first kappa shape index (κ1) is 12.7. The third-order valence-corrected chi connectivity index (χ3v) is 2.05. The van der Waals surface area contributed by atoms with Gasteiger partial charge < -0.3 is 4.74 Å². The zero-order valence-electron chi connectivity index (χ0n) is 9.35. The van der Waals surface area contributed by atoms with Crippen LogP contribution < -0.4 is 0 Å². The van der Waals surface area contributed by atoms with Gasteiger partial charge in [0.2, 0.25) is 0 Å². The summed E-state index contributed by atoms with van der Waals surface area (Å²) >= 11 is 0. The lowest BCUT2D eigenvalue weighted by Crippen LogP contribution is -2.01. The number of hydrogen-bond donors (Lipinski definition) is 0. The summed E-state index contributed by atoms with van der Waals surface area (Å²) < 4.78 is 17.7. The monoisotopic (exact) mass is 235 g/mol. The molecule has 0 aliphatic rings. The molecule has 88 valence electrons. The summed E-state index contributed by atoms with van der Waals surface area (Å²) in [7, 11) is 1.17. The molecule has 5 nitrogen and oxygen atoms in total. The van der Waals surface area contributed by atoms with Gasteiger partial charge in [-0.15, -0.1) is 0 Å². The Morgan fingerprint density at radius 1 is 1.59 bits per heavy atom. The van der Waals surface area contributed by atoms with E-state index in [4.69, 9.17) is 5.53 Å². The number of ether oxygens (including phenoxy) is 1. The average Bonchev–Trinajstić information content (AvgIpc) is 2.32. The Morgan fingerprint density at radius 2 is 2.29 bits per heavy atom. The first-order chi connectivity index (χ1) is 8.08. The molecule has 0 aromatic heterocycles. The third-order valence-electron chi connectivity index (χ3n) is 2.05. The van der Waals surface area contributed by atoms with Crippen LogP contribution >= 0.6 is 0 Å². The van der Waals surface area contributed by atoms with Gasteiger partial charge in [0, 0.05) is 4.91 Å². The maximum absolute atomic E-state index is 13.2. The second-order valence-corrected chi connectivity index (χ2v) is 3.22. The maximum atomic E-state index is 13.2. The molecule has 17 heavy (non-hydrogen) atoms. The molecule has 6 heteroatoms. The molecule has 0 unspecified atom stereocenters. The highest BCUT2D eigenvalue weighted by atomic mass is 19.1. The number of benzene rings is 1. The highest BCUT2D eigenvalue weighted by molar-refractivity contribution is 5.93. The van der Waals surface area contributed by atoms with Gasteiger partial charge in [0.05, 0.1) is 7.11 Å². The molecule has 0 N–H and O–H groups in total. The standard InChI is InChI=1S/C11H10FN3O2/c1-7-3-4-8(5-9(7)12)6-10(14-15-13)11(16)17-2/h3-6H,1-2H3/b10-6-. The van der Waals surface area contributed by atoms with Gasteiger partial charge in [0.15, 0.2) is 0 Å². The SMILES string of the molecule is COC(=O)/C(=C/c1ccc(C)c(F)c1)N=[N+]=[N-]. The van der Waals surface area contributed by atoms with Crippen LogP contribution in [0.4, 0.5) is 4.39 Å². The Kier molecular flexibility index (Phi) is 4.25. The predicted octanol–water partition coefficient (Wildman–Crippen LogP) is 2.96. The molecular weight excluding hydrogens is 225 g/mol. The van der Waals surface area contributed by atoms with E-state index in [0.717, 1.165) is 0 Å². The Bertz CT molecular complexity index is 519. The Balaban J connectivity index is 3.17. The molecule has 1 rings (SSSR count). The van der Waals surface area contributed by atoms with E-state index in [-0.39, 0.29) is 5.70 Å². The van der Waals surface area contributed by atoms with Gasteiger partial charge >= 0.3 is 5.97 Å². The third kappa shape index (κ3) is 3.32. The number of methoxy groups -OCH3 is 1. The van der Waals surface area contributed by atoms with Crippen LogP contribution in [0.5, 0.6) is 0 Å². The van der Waals surface area contributed by atoms with Crippen LogP contribution in [0, 0.1) is 12.7 Å². The molecule has 0 saturated heterocycles. The number of carbonyl (C=O) groups excluding carboxylic acids is 1. The summed E-state index contributed by atoms with van der Waals surface area (Å²) in [4.78, 5) is 13.7. The van der Waals surface area contributed by atoms with Gasteiger partial charge in [-0.2, -0.15) is 0 Å². The molecule has 0 aliphatic heterocycles. The van der Waals surface area contributed by atoms with Gasteiger partial charge in [0.1, 0.15) is 11.5 Å². The van der Waals surface area contributed by atoms with E-state index < -0.39 is 11.8 Å². The summed E-state index contributed by atoms with van der Waals surface area (Å²) in [6.45, 7) is 1.62. The fourth-order valence-corrected chi connectivity index (χ4v) is 1.14. The fraction of sp³-hybridized carbons (Fsp3) is 0.182. The first-order valence-electron chi connectivity index (χ1n) is 4.69. The summed E-state index contributed by atoms with van der Waals surface area (Å²) in [6, 6.07) is 4.41. The van der Waals surface area contributed by atoms with Crippen molar-refractivity contribution < 1.29 is 13.9 Å². The number of carbonyl (C=O) groups is 1. The van der Waals surface area contributed by atoms with Gasteiger partial charge in [-0.3, -0.25) is 0 Å². The van der Waals surface area contributed by atoms with Crippen molar-refractivity contribution >= 4 is 12.0 Å². The molecule has 1 aromatic carbocycles. The molecule has 0 fully saturated rings. The van der Waals surface area contributed by atoms with Crippen molar-refractivity contribution in [2.45, 2.75) is 6.92 Å². The minimum Gasteiger partial charge on any atom is -0.466 e. The molecule has 0 saturated carbocycles. The summed E-state index contributed by atoms with van der Waals surface area (Å²) in [5, 5.41) is 3.19. The summed E-state index contributed by atoms with van der Waals surface area (Å²) in [5.41, 5.74) is 8.98. The minimum atomic E-state index is -0.774. The van der Waals surface area contributed by atoms with Crippen molar-refractivity contribution in [1.29, 1.82) is 0 Å². The van der Waals surface area contributed by atoms with Gasteiger partial charge in [-0.1, -0.05) is 17.2 Å².